The van der Waals surface area contributed by atoms with Gasteiger partial charge in [0.2, 0.25) is 0 Å². The topological polar surface area (TPSA) is 58.9 Å². The summed E-state index contributed by atoms with van der Waals surface area (Å²) in [7, 11) is -3.83. The van der Waals surface area contributed by atoms with Gasteiger partial charge in [-0.15, -0.1) is 0 Å². The fraction of sp³-hybridized carbons (Fsp3) is 0.833. The molecule has 0 aromatic heterocycles. The quantitative estimate of drug-likeness (QED) is 0.499. The van der Waals surface area contributed by atoms with E-state index in [0.717, 1.165) is 0 Å². The number of rotatable bonds is 4. The third-order valence-electron chi connectivity index (χ3n) is 0.778. The van der Waals surface area contributed by atoms with E-state index in [1.807, 2.05) is 40.5 Å². The van der Waals surface area contributed by atoms with Crippen LogP contribution in [-0.2, 0) is 29.9 Å². The second-order valence-corrected chi connectivity index (χ2v) is 5.60. The van der Waals surface area contributed by atoms with E-state index in [1.54, 1.807) is 27.7 Å². The average molecular weight is 462 g/mol. The van der Waals surface area contributed by atoms with Crippen molar-refractivity contribution in [2.45, 2.75) is 67.6 Å². The van der Waals surface area contributed by atoms with Gasteiger partial charge in [-0.3, -0.25) is 0 Å². The van der Waals surface area contributed by atoms with Crippen LogP contribution < -0.4 is 0 Å². The van der Waals surface area contributed by atoms with E-state index in [2.05, 4.69) is 0 Å². The van der Waals surface area contributed by atoms with E-state index in [1.165, 1.54) is 0 Å². The summed E-state index contributed by atoms with van der Waals surface area (Å²) in [5.41, 5.74) is 0. The number of hydrogen-bond acceptors (Lipinski definition) is 4. The van der Waals surface area contributed by atoms with Gasteiger partial charge in [-0.1, -0.05) is 0 Å². The molecule has 0 aliphatic carbocycles. The molecule has 0 saturated carbocycles. The molecule has 0 saturated heterocycles. The normalized spacial score (nSPS) is 10.0. The Labute approximate surface area is 129 Å². The Morgan fingerprint density at radius 2 is 0.944 bits per heavy atom. The first-order valence-electron chi connectivity index (χ1n) is 5.95. The molecule has 18 heavy (non-hydrogen) atoms. The number of hydrogen-bond donors (Lipinski definition) is 2. The zero-order valence-electron chi connectivity index (χ0n) is 12.8. The maximum absolute atomic E-state index is 9.11. The maximum atomic E-state index is 9.11. The summed E-state index contributed by atoms with van der Waals surface area (Å²) in [6, 6.07) is 0. The van der Waals surface area contributed by atoms with Crippen molar-refractivity contribution in [2.75, 3.05) is 0 Å². The molecular formula is C12H30O4PtSi. The van der Waals surface area contributed by atoms with Crippen molar-refractivity contribution in [1.29, 1.82) is 0 Å². The summed E-state index contributed by atoms with van der Waals surface area (Å²) in [6.07, 6.45) is 3.55. The molecule has 0 rings (SSSR count). The average Bonchev–Trinajstić information content (AvgIpc) is 2.00. The predicted octanol–water partition coefficient (Wildman–Crippen LogP) is 2.72. The first-order valence-corrected chi connectivity index (χ1v) is 7.66. The molecule has 0 aromatic carbocycles. The molecule has 0 heterocycles. The second kappa shape index (κ2) is 17.7. The minimum absolute atomic E-state index is 0. The van der Waals surface area contributed by atoms with Crippen molar-refractivity contribution in [3.05, 3.63) is 12.8 Å². The Kier molecular flexibility index (Phi) is 26.8. The molecule has 0 spiro atoms. The van der Waals surface area contributed by atoms with Crippen molar-refractivity contribution in [3.8, 4) is 0 Å². The minimum atomic E-state index is -3.83. The molecule has 116 valence electrons. The predicted molar refractivity (Wildman–Crippen MR) is 73.9 cm³/mol. The van der Waals surface area contributed by atoms with Crippen LogP contribution in [0.15, 0.2) is 0 Å². The Morgan fingerprint density at radius 1 is 0.778 bits per heavy atom. The summed E-state index contributed by atoms with van der Waals surface area (Å²) in [6.45, 7) is 14.9. The third-order valence-corrected chi connectivity index (χ3v) is 2.34. The smallest absolute Gasteiger partial charge is 0.367 e. The summed E-state index contributed by atoms with van der Waals surface area (Å²) < 4.78 is 9.55. The van der Waals surface area contributed by atoms with Gasteiger partial charge >= 0.3 is 30.1 Å². The van der Waals surface area contributed by atoms with E-state index in [9.17, 15) is 0 Å². The van der Waals surface area contributed by atoms with E-state index in [4.69, 9.17) is 18.4 Å². The molecule has 0 aromatic rings. The molecule has 0 aliphatic heterocycles. The molecule has 0 atom stereocenters. The molecule has 0 bridgehead atoms. The minimum Gasteiger partial charge on any atom is -0.367 e. The van der Waals surface area contributed by atoms with Crippen molar-refractivity contribution >= 4 is 9.05 Å². The Hall–Kier alpha value is 0.745. The second-order valence-electron chi connectivity index (χ2n) is 4.04. The monoisotopic (exact) mass is 461 g/mol. The summed E-state index contributed by atoms with van der Waals surface area (Å²) in [4.78, 5) is 18.2. The third kappa shape index (κ3) is 36.0. The fourth-order valence-electron chi connectivity index (χ4n) is 0.642. The van der Waals surface area contributed by atoms with Gasteiger partial charge in [-0.25, -0.2) is 0 Å². The molecule has 6 heteroatoms. The molecule has 0 radical (unpaired) electrons. The van der Waals surface area contributed by atoms with Gasteiger partial charge in [0, 0.05) is 12.2 Å². The van der Waals surface area contributed by atoms with Crippen LogP contribution in [0.25, 0.3) is 0 Å². The van der Waals surface area contributed by atoms with Crippen LogP contribution in [0.1, 0.15) is 55.4 Å². The van der Waals surface area contributed by atoms with Crippen LogP contribution in [0.4, 0.5) is 0 Å². The first-order chi connectivity index (χ1) is 7.66. The largest absolute Gasteiger partial charge is 2.00 e. The van der Waals surface area contributed by atoms with Crippen molar-refractivity contribution in [1.82, 2.24) is 0 Å². The van der Waals surface area contributed by atoms with Crippen molar-refractivity contribution in [2.24, 2.45) is 0 Å². The van der Waals surface area contributed by atoms with Gasteiger partial charge in [-0.2, -0.15) is 27.7 Å². The van der Waals surface area contributed by atoms with Gasteiger partial charge < -0.3 is 31.3 Å². The zero-order chi connectivity index (χ0) is 14.5. The SMILES string of the molecule is CC(C)O[Si](O)(O)OC(C)C.C[CH-]C.C[CH-]C.[Pt+2]. The Bertz CT molecular complexity index is 130. The van der Waals surface area contributed by atoms with E-state index >= 15 is 0 Å². The first kappa shape index (κ1) is 27.1. The van der Waals surface area contributed by atoms with Gasteiger partial charge in [0.15, 0.2) is 0 Å². The molecule has 0 aliphatic rings. The molecule has 0 unspecified atom stereocenters. The summed E-state index contributed by atoms with van der Waals surface area (Å²) >= 11 is 0. The summed E-state index contributed by atoms with van der Waals surface area (Å²) in [5.74, 6) is 0. The van der Waals surface area contributed by atoms with E-state index in [-0.39, 0.29) is 33.3 Å². The standard InChI is InChI=1S/C6H16O4Si.2C3H7.Pt/c1-5(2)9-11(7,8)10-6(3)4;2*1-3-2;/h5-8H,1-4H3;2*3H,1-2H3;/q;2*-1;+2. The Morgan fingerprint density at radius 3 is 1.06 bits per heavy atom. The van der Waals surface area contributed by atoms with Gasteiger partial charge in [0.05, 0.1) is 0 Å². The van der Waals surface area contributed by atoms with E-state index in [0.29, 0.717) is 0 Å². The molecule has 2 N–H and O–H groups in total. The van der Waals surface area contributed by atoms with Crippen LogP contribution in [0.3, 0.4) is 0 Å². The van der Waals surface area contributed by atoms with Gasteiger partial charge in [0.25, 0.3) is 0 Å². The fourth-order valence-corrected chi connectivity index (χ4v) is 1.93. The molecule has 0 fully saturated rings. The maximum Gasteiger partial charge on any atom is 2.00 e. The molecule has 0 amide bonds. The van der Waals surface area contributed by atoms with Crippen LogP contribution in [-0.4, -0.2) is 30.8 Å². The van der Waals surface area contributed by atoms with Gasteiger partial charge in [-0.05, 0) is 27.7 Å². The zero-order valence-corrected chi connectivity index (χ0v) is 16.1. The van der Waals surface area contributed by atoms with Crippen LogP contribution in [0.2, 0.25) is 0 Å². The van der Waals surface area contributed by atoms with Crippen molar-refractivity contribution in [3.63, 3.8) is 0 Å². The van der Waals surface area contributed by atoms with E-state index < -0.39 is 9.05 Å². The molecule has 4 nitrogen and oxygen atoms in total. The Balaban J connectivity index is -0.000000119. The van der Waals surface area contributed by atoms with Crippen LogP contribution in [0, 0.1) is 12.8 Å². The van der Waals surface area contributed by atoms with Gasteiger partial charge in [0.1, 0.15) is 0 Å². The van der Waals surface area contributed by atoms with Crippen LogP contribution in [0.5, 0.6) is 0 Å². The summed E-state index contributed by atoms with van der Waals surface area (Å²) in [5, 5.41) is 0. The van der Waals surface area contributed by atoms with Crippen LogP contribution >= 0.6 is 0 Å². The van der Waals surface area contributed by atoms with Crippen molar-refractivity contribution < 1.29 is 39.5 Å². The molecular weight excluding hydrogens is 431 g/mol.